The molecule has 0 saturated carbocycles. The Morgan fingerprint density at radius 3 is 2.61 bits per heavy atom. The van der Waals surface area contributed by atoms with E-state index in [0.29, 0.717) is 35.5 Å². The molecule has 2 aliphatic heterocycles. The van der Waals surface area contributed by atoms with Crippen molar-refractivity contribution in [3.05, 3.63) is 71.9 Å². The van der Waals surface area contributed by atoms with Gasteiger partial charge in [0.2, 0.25) is 5.78 Å². The number of hydrogen-bond donors (Lipinski definition) is 0. The SMILES string of the molecule is CN(/C=C1\Oc2ccccc2C1=O)C1CCN(CCCCOc2ccc(F)cc2)CC1. The third-order valence-corrected chi connectivity index (χ3v) is 5.98. The molecule has 2 aromatic carbocycles. The van der Waals surface area contributed by atoms with Crippen LogP contribution in [0, 0.1) is 5.82 Å². The number of hydrogen-bond acceptors (Lipinski definition) is 5. The van der Waals surface area contributed by atoms with E-state index in [1.165, 1.54) is 12.1 Å². The first-order valence-corrected chi connectivity index (χ1v) is 11.0. The van der Waals surface area contributed by atoms with Gasteiger partial charge in [0.15, 0.2) is 5.76 Å². The molecular formula is C25H29FN2O3. The highest BCUT2D eigenvalue weighted by atomic mass is 19.1. The highest BCUT2D eigenvalue weighted by Gasteiger charge is 2.28. The van der Waals surface area contributed by atoms with Crippen molar-refractivity contribution in [2.75, 3.05) is 33.3 Å². The first kappa shape index (κ1) is 21.4. The van der Waals surface area contributed by atoms with E-state index in [4.69, 9.17) is 9.47 Å². The number of unbranched alkanes of at least 4 members (excludes halogenated alkanes) is 1. The number of allylic oxidation sites excluding steroid dienone is 1. The molecule has 1 fully saturated rings. The Morgan fingerprint density at radius 2 is 1.87 bits per heavy atom. The first-order chi connectivity index (χ1) is 15.1. The summed E-state index contributed by atoms with van der Waals surface area (Å²) in [6.07, 6.45) is 6.03. The van der Waals surface area contributed by atoms with Crippen LogP contribution < -0.4 is 9.47 Å². The Hall–Kier alpha value is -2.86. The van der Waals surface area contributed by atoms with Crippen LogP contribution in [0.25, 0.3) is 0 Å². The van der Waals surface area contributed by atoms with Gasteiger partial charge in [0.05, 0.1) is 12.2 Å². The maximum Gasteiger partial charge on any atom is 0.233 e. The number of halogens is 1. The lowest BCUT2D eigenvalue weighted by molar-refractivity contribution is 0.100. The minimum atomic E-state index is -0.245. The molecule has 0 atom stereocenters. The summed E-state index contributed by atoms with van der Waals surface area (Å²) in [6.45, 7) is 3.80. The number of carbonyl (C=O) groups excluding carboxylic acids is 1. The number of para-hydroxylation sites is 1. The molecule has 4 rings (SSSR count). The van der Waals surface area contributed by atoms with Gasteiger partial charge in [-0.15, -0.1) is 0 Å². The van der Waals surface area contributed by atoms with Gasteiger partial charge in [-0.1, -0.05) is 12.1 Å². The fraction of sp³-hybridized carbons (Fsp3) is 0.400. The van der Waals surface area contributed by atoms with Gasteiger partial charge in [0.1, 0.15) is 17.3 Å². The zero-order chi connectivity index (χ0) is 21.6. The van der Waals surface area contributed by atoms with E-state index in [1.807, 2.05) is 37.5 Å². The number of benzene rings is 2. The lowest BCUT2D eigenvalue weighted by Gasteiger charge is -2.36. The summed E-state index contributed by atoms with van der Waals surface area (Å²) in [5.74, 6) is 1.48. The Kier molecular flexibility index (Phi) is 6.87. The maximum atomic E-state index is 12.9. The molecule has 2 aromatic rings. The second kappa shape index (κ2) is 9.96. The Labute approximate surface area is 183 Å². The smallest absolute Gasteiger partial charge is 0.233 e. The van der Waals surface area contributed by atoms with E-state index in [9.17, 15) is 9.18 Å². The average molecular weight is 425 g/mol. The molecule has 2 heterocycles. The summed E-state index contributed by atoms with van der Waals surface area (Å²) in [6, 6.07) is 13.9. The number of likely N-dealkylation sites (tertiary alicyclic amines) is 1. The van der Waals surface area contributed by atoms with Crippen LogP contribution in [-0.4, -0.2) is 54.9 Å². The van der Waals surface area contributed by atoms with Crippen LogP contribution in [0.5, 0.6) is 11.5 Å². The molecule has 0 bridgehead atoms. The largest absolute Gasteiger partial charge is 0.494 e. The number of ether oxygens (including phenoxy) is 2. The Bertz CT molecular complexity index is 921. The molecule has 0 amide bonds. The standard InChI is InChI=1S/C25H29FN2O3/c1-27(18-24-25(29)22-6-2-3-7-23(22)31-24)20-12-15-28(16-13-20)14-4-5-17-30-21-10-8-19(26)9-11-21/h2-3,6-11,18,20H,4-5,12-17H2,1H3/b24-18-. The quantitative estimate of drug-likeness (QED) is 0.461. The molecule has 1 saturated heterocycles. The number of Topliss-reactive ketones (excluding diaryl/α,β-unsaturated/α-hetero) is 1. The van der Waals surface area contributed by atoms with Crippen molar-refractivity contribution < 1.29 is 18.7 Å². The third kappa shape index (κ3) is 5.44. The van der Waals surface area contributed by atoms with Crippen molar-refractivity contribution in [3.8, 4) is 11.5 Å². The van der Waals surface area contributed by atoms with E-state index < -0.39 is 0 Å². The molecule has 0 spiro atoms. The molecule has 31 heavy (non-hydrogen) atoms. The lowest BCUT2D eigenvalue weighted by atomic mass is 10.0. The predicted molar refractivity (Wildman–Crippen MR) is 118 cm³/mol. The number of ketones is 1. The van der Waals surface area contributed by atoms with Crippen LogP contribution in [0.4, 0.5) is 4.39 Å². The minimum Gasteiger partial charge on any atom is -0.494 e. The molecule has 0 N–H and O–H groups in total. The van der Waals surface area contributed by atoms with Crippen LogP contribution >= 0.6 is 0 Å². The third-order valence-electron chi connectivity index (χ3n) is 5.98. The van der Waals surface area contributed by atoms with Gasteiger partial charge >= 0.3 is 0 Å². The van der Waals surface area contributed by atoms with Crippen molar-refractivity contribution in [1.29, 1.82) is 0 Å². The van der Waals surface area contributed by atoms with Gasteiger partial charge < -0.3 is 19.3 Å². The van der Waals surface area contributed by atoms with Crippen molar-refractivity contribution in [1.82, 2.24) is 9.80 Å². The van der Waals surface area contributed by atoms with Crippen LogP contribution in [-0.2, 0) is 0 Å². The first-order valence-electron chi connectivity index (χ1n) is 11.0. The normalized spacial score (nSPS) is 18.1. The molecule has 164 valence electrons. The lowest BCUT2D eigenvalue weighted by Crippen LogP contribution is -2.42. The van der Waals surface area contributed by atoms with Crippen molar-refractivity contribution >= 4 is 5.78 Å². The Morgan fingerprint density at radius 1 is 1.13 bits per heavy atom. The zero-order valence-electron chi connectivity index (χ0n) is 17.9. The van der Waals surface area contributed by atoms with Crippen LogP contribution in [0.15, 0.2) is 60.5 Å². The number of fused-ring (bicyclic) bond motifs is 1. The number of carbonyl (C=O) groups is 1. The van der Waals surface area contributed by atoms with Crippen LogP contribution in [0.3, 0.4) is 0 Å². The molecular weight excluding hydrogens is 395 g/mol. The molecule has 0 aromatic heterocycles. The van der Waals surface area contributed by atoms with E-state index in [2.05, 4.69) is 9.80 Å². The van der Waals surface area contributed by atoms with Crippen molar-refractivity contribution in [3.63, 3.8) is 0 Å². The van der Waals surface area contributed by atoms with Gasteiger partial charge in [0.25, 0.3) is 0 Å². The van der Waals surface area contributed by atoms with Crippen molar-refractivity contribution in [2.24, 2.45) is 0 Å². The summed E-state index contributed by atoms with van der Waals surface area (Å²) >= 11 is 0. The van der Waals surface area contributed by atoms with E-state index >= 15 is 0 Å². The second-order valence-corrected chi connectivity index (χ2v) is 8.17. The minimum absolute atomic E-state index is 0.0391. The highest BCUT2D eigenvalue weighted by Crippen LogP contribution is 2.31. The predicted octanol–water partition coefficient (Wildman–Crippen LogP) is 4.50. The monoisotopic (exact) mass is 424 g/mol. The van der Waals surface area contributed by atoms with Gasteiger partial charge in [-0.25, -0.2) is 4.39 Å². The van der Waals surface area contributed by atoms with Crippen LogP contribution in [0.1, 0.15) is 36.0 Å². The molecule has 0 aliphatic carbocycles. The van der Waals surface area contributed by atoms with E-state index in [-0.39, 0.29) is 11.6 Å². The van der Waals surface area contributed by atoms with E-state index in [1.54, 1.807) is 12.1 Å². The molecule has 5 nitrogen and oxygen atoms in total. The summed E-state index contributed by atoms with van der Waals surface area (Å²) in [5, 5.41) is 0. The topological polar surface area (TPSA) is 42.0 Å². The Balaban J connectivity index is 1.15. The van der Waals surface area contributed by atoms with Gasteiger partial charge in [-0.05, 0) is 68.6 Å². The maximum absolute atomic E-state index is 12.9. The van der Waals surface area contributed by atoms with Gasteiger partial charge in [0, 0.05) is 32.4 Å². The molecule has 0 unspecified atom stereocenters. The fourth-order valence-electron chi connectivity index (χ4n) is 4.12. The summed E-state index contributed by atoms with van der Waals surface area (Å²) in [7, 11) is 2.03. The number of piperidine rings is 1. The molecule has 2 aliphatic rings. The van der Waals surface area contributed by atoms with Crippen molar-refractivity contribution in [2.45, 2.75) is 31.7 Å². The average Bonchev–Trinajstić information content (AvgIpc) is 3.10. The second-order valence-electron chi connectivity index (χ2n) is 8.17. The summed E-state index contributed by atoms with van der Waals surface area (Å²) in [5.41, 5.74) is 0.639. The molecule has 6 heteroatoms. The summed E-state index contributed by atoms with van der Waals surface area (Å²) < 4.78 is 24.3. The highest BCUT2D eigenvalue weighted by molar-refractivity contribution is 6.12. The zero-order valence-corrected chi connectivity index (χ0v) is 17.9. The number of nitrogens with zero attached hydrogens (tertiary/aromatic N) is 2. The van der Waals surface area contributed by atoms with Gasteiger partial charge in [-0.2, -0.15) is 0 Å². The molecule has 0 radical (unpaired) electrons. The number of rotatable bonds is 8. The van der Waals surface area contributed by atoms with Crippen LogP contribution in [0.2, 0.25) is 0 Å². The summed E-state index contributed by atoms with van der Waals surface area (Å²) in [4.78, 5) is 17.1. The van der Waals surface area contributed by atoms with E-state index in [0.717, 1.165) is 45.3 Å². The van der Waals surface area contributed by atoms with Gasteiger partial charge in [-0.3, -0.25) is 4.79 Å². The fourth-order valence-corrected chi connectivity index (χ4v) is 4.12.